The molecule has 0 bridgehead atoms. The molecule has 0 aliphatic carbocycles. The van der Waals surface area contributed by atoms with Gasteiger partial charge in [0.25, 0.3) is 0 Å². The molecule has 0 spiro atoms. The van der Waals surface area contributed by atoms with Gasteiger partial charge in [0.2, 0.25) is 0 Å². The summed E-state index contributed by atoms with van der Waals surface area (Å²) in [6.07, 6.45) is -7.24. The number of benzene rings is 1. The molecule has 1 unspecified atom stereocenters. The molecule has 0 fully saturated rings. The van der Waals surface area contributed by atoms with E-state index in [4.69, 9.17) is 4.74 Å². The molecule has 0 aromatic heterocycles. The van der Waals surface area contributed by atoms with Crippen molar-refractivity contribution in [1.29, 1.82) is 0 Å². The zero-order valence-electron chi connectivity index (χ0n) is 11.5. The number of hydrogen-bond donors (Lipinski definition) is 1. The monoisotopic (exact) mass is 276 g/mol. The number of aliphatic hydroxyl groups excluding tert-OH is 1. The van der Waals surface area contributed by atoms with E-state index in [0.29, 0.717) is 5.56 Å². The minimum absolute atomic E-state index is 0.0697. The van der Waals surface area contributed by atoms with Crippen molar-refractivity contribution in [3.8, 4) is 5.75 Å². The van der Waals surface area contributed by atoms with Crippen molar-refractivity contribution >= 4 is 0 Å². The van der Waals surface area contributed by atoms with Gasteiger partial charge in [-0.15, -0.1) is 0 Å². The van der Waals surface area contributed by atoms with Crippen LogP contribution in [0.2, 0.25) is 0 Å². The van der Waals surface area contributed by atoms with E-state index in [1.54, 1.807) is 13.0 Å². The lowest BCUT2D eigenvalue weighted by Gasteiger charge is -2.24. The van der Waals surface area contributed by atoms with E-state index < -0.39 is 12.3 Å². The lowest BCUT2D eigenvalue weighted by molar-refractivity contribution is -0.207. The lowest BCUT2D eigenvalue weighted by atomic mass is 9.85. The largest absolute Gasteiger partial charge is 0.493 e. The zero-order chi connectivity index (χ0) is 14.8. The van der Waals surface area contributed by atoms with E-state index >= 15 is 0 Å². The fourth-order valence-electron chi connectivity index (χ4n) is 1.69. The normalized spacial score (nSPS) is 14.3. The smallest absolute Gasteiger partial charge is 0.418 e. The molecule has 1 rings (SSSR count). The second-order valence-electron chi connectivity index (χ2n) is 5.38. The van der Waals surface area contributed by atoms with Crippen molar-refractivity contribution in [3.05, 3.63) is 29.3 Å². The van der Waals surface area contributed by atoms with Crippen LogP contribution in [0.5, 0.6) is 5.75 Å². The minimum Gasteiger partial charge on any atom is -0.493 e. The maximum absolute atomic E-state index is 12.7. The molecule has 5 heteroatoms. The number of ether oxygens (including phenoxy) is 1. The van der Waals surface area contributed by atoms with Gasteiger partial charge < -0.3 is 9.84 Å². The molecule has 0 amide bonds. The number of halogens is 3. The second kappa shape index (κ2) is 5.41. The van der Waals surface area contributed by atoms with Gasteiger partial charge in [0.05, 0.1) is 6.61 Å². The van der Waals surface area contributed by atoms with Gasteiger partial charge in [-0.25, -0.2) is 0 Å². The summed E-state index contributed by atoms with van der Waals surface area (Å²) in [6.45, 7) is 7.61. The first kappa shape index (κ1) is 15.8. The van der Waals surface area contributed by atoms with Crippen LogP contribution in [0.3, 0.4) is 0 Å². The average molecular weight is 276 g/mol. The number of rotatable bonds is 3. The Morgan fingerprint density at radius 1 is 1.21 bits per heavy atom. The summed E-state index contributed by atoms with van der Waals surface area (Å²) in [4.78, 5) is 0. The van der Waals surface area contributed by atoms with E-state index in [-0.39, 0.29) is 23.3 Å². The van der Waals surface area contributed by atoms with Crippen LogP contribution in [0.25, 0.3) is 0 Å². The van der Waals surface area contributed by atoms with Crippen molar-refractivity contribution in [2.24, 2.45) is 0 Å². The molecule has 2 nitrogen and oxygen atoms in total. The van der Waals surface area contributed by atoms with Crippen molar-refractivity contribution in [3.63, 3.8) is 0 Å². The second-order valence-corrected chi connectivity index (χ2v) is 5.38. The Kier molecular flexibility index (Phi) is 4.50. The number of hydrogen-bond acceptors (Lipinski definition) is 2. The average Bonchev–Trinajstić information content (AvgIpc) is 2.26. The topological polar surface area (TPSA) is 29.5 Å². The highest BCUT2D eigenvalue weighted by Crippen LogP contribution is 2.39. The Balaban J connectivity index is 3.31. The van der Waals surface area contributed by atoms with Gasteiger partial charge in [0, 0.05) is 5.56 Å². The quantitative estimate of drug-likeness (QED) is 0.905. The van der Waals surface area contributed by atoms with Gasteiger partial charge in [-0.05, 0) is 30.0 Å². The van der Waals surface area contributed by atoms with Crippen LogP contribution in [-0.4, -0.2) is 17.9 Å². The molecule has 0 saturated carbocycles. The summed E-state index contributed by atoms with van der Waals surface area (Å²) in [5, 5.41) is 9.45. The summed E-state index contributed by atoms with van der Waals surface area (Å²) in [5.41, 5.74) is 0.182. The van der Waals surface area contributed by atoms with Crippen LogP contribution in [0.1, 0.15) is 44.9 Å². The Hall–Kier alpha value is -1.23. The first-order valence-electron chi connectivity index (χ1n) is 6.09. The van der Waals surface area contributed by atoms with Gasteiger partial charge in [0.15, 0.2) is 6.10 Å². The van der Waals surface area contributed by atoms with Gasteiger partial charge in [0.1, 0.15) is 5.75 Å². The Morgan fingerprint density at radius 2 is 1.79 bits per heavy atom. The molecule has 0 saturated heterocycles. The van der Waals surface area contributed by atoms with Crippen LogP contribution < -0.4 is 4.74 Å². The van der Waals surface area contributed by atoms with Crippen LogP contribution in [0.4, 0.5) is 13.2 Å². The molecule has 108 valence electrons. The summed E-state index contributed by atoms with van der Waals surface area (Å²) in [5.74, 6) is 0.0697. The van der Waals surface area contributed by atoms with Gasteiger partial charge in [-0.2, -0.15) is 13.2 Å². The molecule has 1 N–H and O–H groups in total. The van der Waals surface area contributed by atoms with Gasteiger partial charge in [-0.1, -0.05) is 26.8 Å². The molecular weight excluding hydrogens is 257 g/mol. The van der Waals surface area contributed by atoms with Crippen LogP contribution >= 0.6 is 0 Å². The zero-order valence-corrected chi connectivity index (χ0v) is 11.5. The first-order chi connectivity index (χ1) is 8.57. The number of alkyl halides is 3. The van der Waals surface area contributed by atoms with E-state index in [1.165, 1.54) is 12.1 Å². The van der Waals surface area contributed by atoms with Crippen LogP contribution in [0, 0.1) is 0 Å². The summed E-state index contributed by atoms with van der Waals surface area (Å²) >= 11 is 0. The highest BCUT2D eigenvalue weighted by atomic mass is 19.4. The maximum Gasteiger partial charge on any atom is 0.418 e. The summed E-state index contributed by atoms with van der Waals surface area (Å²) < 4.78 is 43.2. The molecule has 0 radical (unpaired) electrons. The third kappa shape index (κ3) is 3.86. The van der Waals surface area contributed by atoms with Crippen molar-refractivity contribution in [2.75, 3.05) is 6.61 Å². The molecule has 0 aliphatic heterocycles. The maximum atomic E-state index is 12.7. The van der Waals surface area contributed by atoms with E-state index in [1.807, 2.05) is 20.8 Å². The van der Waals surface area contributed by atoms with Gasteiger partial charge >= 0.3 is 6.18 Å². The SMILES string of the molecule is CCOc1ccc(C(C)(C)C)cc1C(O)C(F)(F)F. The molecule has 1 aromatic carbocycles. The summed E-state index contributed by atoms with van der Waals surface area (Å²) in [7, 11) is 0. The lowest BCUT2D eigenvalue weighted by Crippen LogP contribution is -2.22. The third-order valence-corrected chi connectivity index (χ3v) is 2.78. The molecule has 1 atom stereocenters. The Morgan fingerprint density at radius 3 is 2.21 bits per heavy atom. The van der Waals surface area contributed by atoms with E-state index in [2.05, 4.69) is 0 Å². The van der Waals surface area contributed by atoms with E-state index in [0.717, 1.165) is 0 Å². The Bertz CT molecular complexity index is 433. The van der Waals surface area contributed by atoms with Gasteiger partial charge in [-0.3, -0.25) is 0 Å². The summed E-state index contributed by atoms with van der Waals surface area (Å²) in [6, 6.07) is 4.56. The molecule has 1 aromatic rings. The third-order valence-electron chi connectivity index (χ3n) is 2.78. The van der Waals surface area contributed by atoms with Crippen molar-refractivity contribution in [2.45, 2.75) is 45.4 Å². The highest BCUT2D eigenvalue weighted by molar-refractivity contribution is 5.41. The van der Waals surface area contributed by atoms with Crippen molar-refractivity contribution < 1.29 is 23.0 Å². The number of aliphatic hydroxyl groups is 1. The molecular formula is C14H19F3O2. The van der Waals surface area contributed by atoms with Crippen molar-refractivity contribution in [1.82, 2.24) is 0 Å². The van der Waals surface area contributed by atoms with Crippen LogP contribution in [-0.2, 0) is 5.41 Å². The Labute approximate surface area is 111 Å². The molecule has 0 aliphatic rings. The molecule has 19 heavy (non-hydrogen) atoms. The standard InChI is InChI=1S/C14H19F3O2/c1-5-19-11-7-6-9(13(2,3)4)8-10(11)12(18)14(15,16)17/h6-8,12,18H,5H2,1-4H3. The highest BCUT2D eigenvalue weighted by Gasteiger charge is 2.41. The van der Waals surface area contributed by atoms with Crippen LogP contribution in [0.15, 0.2) is 18.2 Å². The predicted molar refractivity (Wildman–Crippen MR) is 67.3 cm³/mol. The fraction of sp³-hybridized carbons (Fsp3) is 0.571. The molecule has 0 heterocycles. The van der Waals surface area contributed by atoms with E-state index in [9.17, 15) is 18.3 Å². The minimum atomic E-state index is -4.71. The first-order valence-corrected chi connectivity index (χ1v) is 6.09. The predicted octanol–water partition coefficient (Wildman–Crippen LogP) is 3.98. The fourth-order valence-corrected chi connectivity index (χ4v) is 1.69.